The van der Waals surface area contributed by atoms with Crippen LogP contribution in [0.3, 0.4) is 0 Å². The van der Waals surface area contributed by atoms with Crippen LogP contribution in [0.1, 0.15) is 0 Å². The predicted octanol–water partition coefficient (Wildman–Crippen LogP) is 2.16. The summed E-state index contributed by atoms with van der Waals surface area (Å²) < 4.78 is 5.03. The summed E-state index contributed by atoms with van der Waals surface area (Å²) in [6.07, 6.45) is 6.54. The molecule has 2 heterocycles. The van der Waals surface area contributed by atoms with Crippen LogP contribution in [0.4, 0.5) is 0 Å². The van der Waals surface area contributed by atoms with Crippen LogP contribution in [0.25, 0.3) is 0 Å². The first-order valence-electron chi connectivity index (χ1n) is 3.55. The Morgan fingerprint density at radius 2 is 2.23 bits per heavy atom. The molecular weight excluding hydrogens is 190 g/mol. The second-order valence-corrected chi connectivity index (χ2v) is 3.32. The van der Waals surface area contributed by atoms with Crippen molar-refractivity contribution in [1.82, 2.24) is 0 Å². The Morgan fingerprint density at radius 1 is 1.38 bits per heavy atom. The van der Waals surface area contributed by atoms with Gasteiger partial charge in [0.1, 0.15) is 10.7 Å². The van der Waals surface area contributed by atoms with Gasteiger partial charge in [-0.25, -0.2) is 0 Å². The van der Waals surface area contributed by atoms with Gasteiger partial charge in [0.25, 0.3) is 0 Å². The van der Waals surface area contributed by atoms with Gasteiger partial charge in [0.05, 0.1) is 11.0 Å². The SMILES string of the molecule is O=[N+]([O-])C1=CC=C2SC=CC=C2O1. The van der Waals surface area contributed by atoms with Crippen LogP contribution in [0, 0.1) is 10.1 Å². The third-order valence-electron chi connectivity index (χ3n) is 1.54. The zero-order valence-corrected chi connectivity index (χ0v) is 7.28. The van der Waals surface area contributed by atoms with Crippen molar-refractivity contribution < 1.29 is 9.66 Å². The van der Waals surface area contributed by atoms with Gasteiger partial charge >= 0.3 is 5.88 Å². The largest absolute Gasteiger partial charge is 0.433 e. The highest BCUT2D eigenvalue weighted by Crippen LogP contribution is 2.33. The molecule has 0 radical (unpaired) electrons. The summed E-state index contributed by atoms with van der Waals surface area (Å²) in [7, 11) is 0. The zero-order valence-electron chi connectivity index (χ0n) is 6.47. The minimum atomic E-state index is -0.545. The molecule has 0 aliphatic carbocycles. The molecule has 0 fully saturated rings. The van der Waals surface area contributed by atoms with Crippen molar-refractivity contribution >= 4 is 11.8 Å². The van der Waals surface area contributed by atoms with Crippen molar-refractivity contribution in [3.63, 3.8) is 0 Å². The summed E-state index contributed by atoms with van der Waals surface area (Å²) in [5.74, 6) is 0.313. The Hall–Kier alpha value is -1.49. The number of hydrogen-bond acceptors (Lipinski definition) is 4. The van der Waals surface area contributed by atoms with E-state index in [9.17, 15) is 10.1 Å². The molecule has 0 atom stereocenters. The van der Waals surface area contributed by atoms with Gasteiger partial charge in [0.2, 0.25) is 0 Å². The maximum atomic E-state index is 10.4. The van der Waals surface area contributed by atoms with E-state index < -0.39 is 4.92 Å². The summed E-state index contributed by atoms with van der Waals surface area (Å²) in [6.45, 7) is 0. The molecule has 0 saturated carbocycles. The second-order valence-electron chi connectivity index (χ2n) is 2.37. The quantitative estimate of drug-likeness (QED) is 0.475. The molecule has 0 amide bonds. The third-order valence-corrected chi connectivity index (χ3v) is 2.42. The van der Waals surface area contributed by atoms with Crippen LogP contribution in [-0.4, -0.2) is 4.92 Å². The molecule has 0 aromatic carbocycles. The van der Waals surface area contributed by atoms with Gasteiger partial charge in [0, 0.05) is 0 Å². The third kappa shape index (κ3) is 1.50. The molecule has 0 unspecified atom stereocenters. The predicted molar refractivity (Wildman–Crippen MR) is 49.1 cm³/mol. The van der Waals surface area contributed by atoms with Crippen molar-refractivity contribution in [1.29, 1.82) is 0 Å². The lowest BCUT2D eigenvalue weighted by Gasteiger charge is -2.14. The van der Waals surface area contributed by atoms with E-state index in [4.69, 9.17) is 4.74 Å². The highest BCUT2D eigenvalue weighted by molar-refractivity contribution is 8.06. The van der Waals surface area contributed by atoms with E-state index in [0.717, 1.165) is 4.91 Å². The molecule has 0 spiro atoms. The van der Waals surface area contributed by atoms with Crippen LogP contribution in [-0.2, 0) is 4.74 Å². The first-order valence-corrected chi connectivity index (χ1v) is 4.43. The number of rotatable bonds is 1. The number of ether oxygens (including phenoxy) is 1. The Kier molecular flexibility index (Phi) is 1.94. The average molecular weight is 195 g/mol. The van der Waals surface area contributed by atoms with Crippen LogP contribution < -0.4 is 0 Å². The number of nitrogens with zero attached hydrogens (tertiary/aromatic N) is 1. The van der Waals surface area contributed by atoms with E-state index in [1.807, 2.05) is 5.41 Å². The maximum Gasteiger partial charge on any atom is 0.433 e. The van der Waals surface area contributed by atoms with Gasteiger partial charge in [-0.15, -0.1) is 0 Å². The van der Waals surface area contributed by atoms with E-state index in [2.05, 4.69) is 0 Å². The number of allylic oxidation sites excluding steroid dienone is 4. The molecule has 0 bridgehead atoms. The monoisotopic (exact) mass is 195 g/mol. The number of hydrogen-bond donors (Lipinski definition) is 0. The molecular formula is C8H5NO3S. The minimum absolute atomic E-state index is 0.231. The summed E-state index contributed by atoms with van der Waals surface area (Å²) in [5.41, 5.74) is 0. The fourth-order valence-electron chi connectivity index (χ4n) is 0.977. The van der Waals surface area contributed by atoms with Gasteiger partial charge in [-0.05, 0) is 17.6 Å². The standard InChI is InChI=1S/C8H5NO3S/c10-9(11)8-4-3-7-6(12-8)2-1-5-13-7/h1-5H. The van der Waals surface area contributed by atoms with Crippen molar-refractivity contribution in [2.24, 2.45) is 0 Å². The smallest absolute Gasteiger partial charge is 0.400 e. The maximum absolute atomic E-state index is 10.4. The Labute approximate surface area is 78.4 Å². The molecule has 2 rings (SSSR count). The molecule has 66 valence electrons. The first-order chi connectivity index (χ1) is 6.27. The Balaban J connectivity index is 2.32. The van der Waals surface area contributed by atoms with Crippen molar-refractivity contribution in [2.45, 2.75) is 0 Å². The average Bonchev–Trinajstić information content (AvgIpc) is 2.17. The van der Waals surface area contributed by atoms with Crippen molar-refractivity contribution in [3.05, 3.63) is 56.4 Å². The molecule has 4 nitrogen and oxygen atoms in total. The van der Waals surface area contributed by atoms with Crippen molar-refractivity contribution in [2.75, 3.05) is 0 Å². The zero-order chi connectivity index (χ0) is 9.26. The van der Waals surface area contributed by atoms with Crippen LogP contribution in [0.15, 0.2) is 46.3 Å². The Morgan fingerprint density at radius 3 is 3.00 bits per heavy atom. The lowest BCUT2D eigenvalue weighted by Crippen LogP contribution is -2.07. The van der Waals surface area contributed by atoms with E-state index in [0.29, 0.717) is 5.76 Å². The van der Waals surface area contributed by atoms with Gasteiger partial charge < -0.3 is 4.74 Å². The molecule has 5 heteroatoms. The topological polar surface area (TPSA) is 52.4 Å². The lowest BCUT2D eigenvalue weighted by molar-refractivity contribution is -0.459. The van der Waals surface area contributed by atoms with Crippen LogP contribution >= 0.6 is 11.8 Å². The summed E-state index contributed by atoms with van der Waals surface area (Å²) in [6, 6.07) is 0. The number of fused-ring (bicyclic) bond motifs is 1. The van der Waals surface area contributed by atoms with Crippen LogP contribution in [0.2, 0.25) is 0 Å². The fraction of sp³-hybridized carbons (Fsp3) is 0. The normalized spacial score (nSPS) is 19.2. The van der Waals surface area contributed by atoms with Gasteiger partial charge in [-0.3, -0.25) is 10.1 Å². The van der Waals surface area contributed by atoms with E-state index >= 15 is 0 Å². The second kappa shape index (κ2) is 3.10. The van der Waals surface area contributed by atoms with Crippen LogP contribution in [0.5, 0.6) is 0 Å². The highest BCUT2D eigenvalue weighted by Gasteiger charge is 2.22. The van der Waals surface area contributed by atoms with Gasteiger partial charge in [-0.1, -0.05) is 17.8 Å². The number of thioether (sulfide) groups is 1. The Bertz CT molecular complexity index is 379. The summed E-state index contributed by atoms with van der Waals surface area (Å²) >= 11 is 1.48. The molecule has 0 aromatic rings. The first kappa shape index (κ1) is 8.12. The molecule has 13 heavy (non-hydrogen) atoms. The van der Waals surface area contributed by atoms with E-state index in [1.54, 1.807) is 18.2 Å². The molecule has 2 aliphatic rings. The lowest BCUT2D eigenvalue weighted by atomic mass is 10.3. The van der Waals surface area contributed by atoms with Crippen molar-refractivity contribution in [3.8, 4) is 0 Å². The summed E-state index contributed by atoms with van der Waals surface area (Å²) in [4.78, 5) is 10.7. The van der Waals surface area contributed by atoms with Gasteiger partial charge in [0.15, 0.2) is 0 Å². The van der Waals surface area contributed by atoms with Gasteiger partial charge in [-0.2, -0.15) is 0 Å². The van der Waals surface area contributed by atoms with E-state index in [-0.39, 0.29) is 5.88 Å². The van der Waals surface area contributed by atoms with E-state index in [1.165, 1.54) is 17.8 Å². The highest BCUT2D eigenvalue weighted by atomic mass is 32.2. The number of nitro groups is 1. The fourth-order valence-corrected chi connectivity index (χ4v) is 1.65. The summed E-state index contributed by atoms with van der Waals surface area (Å²) in [5, 5.41) is 12.3. The minimum Gasteiger partial charge on any atom is -0.400 e. The molecule has 0 N–H and O–H groups in total. The molecule has 0 aromatic heterocycles. The molecule has 0 saturated heterocycles. The molecule has 2 aliphatic heterocycles.